The summed E-state index contributed by atoms with van der Waals surface area (Å²) in [4.78, 5) is 4.42. The zero-order valence-electron chi connectivity index (χ0n) is 10.8. The molecule has 5 nitrogen and oxygen atoms in total. The summed E-state index contributed by atoms with van der Waals surface area (Å²) >= 11 is 0. The Balaban J connectivity index is 2.39. The number of hydrogen-bond donors (Lipinski definition) is 1. The van der Waals surface area contributed by atoms with E-state index in [9.17, 15) is 5.11 Å². The Morgan fingerprint density at radius 3 is 2.83 bits per heavy atom. The molecule has 96 valence electrons. The van der Waals surface area contributed by atoms with E-state index < -0.39 is 0 Å². The third kappa shape index (κ3) is 2.36. The van der Waals surface area contributed by atoms with Gasteiger partial charge in [-0.1, -0.05) is 6.92 Å². The van der Waals surface area contributed by atoms with E-state index >= 15 is 0 Å². The number of hydrogen-bond acceptors (Lipinski definition) is 4. The van der Waals surface area contributed by atoms with Gasteiger partial charge >= 0.3 is 0 Å². The molecular formula is C13H17N3O2. The van der Waals surface area contributed by atoms with Crippen molar-refractivity contribution in [2.45, 2.75) is 20.0 Å². The summed E-state index contributed by atoms with van der Waals surface area (Å²) in [7, 11) is 3.47. The number of aromatic hydroxyl groups is 1. The van der Waals surface area contributed by atoms with E-state index in [1.54, 1.807) is 17.9 Å². The van der Waals surface area contributed by atoms with Crippen molar-refractivity contribution in [2.24, 2.45) is 7.05 Å². The van der Waals surface area contributed by atoms with Gasteiger partial charge < -0.3 is 9.84 Å². The first-order valence-corrected chi connectivity index (χ1v) is 5.86. The Kier molecular flexibility index (Phi) is 3.62. The molecule has 1 N–H and O–H groups in total. The number of phenols is 1. The van der Waals surface area contributed by atoms with Crippen LogP contribution in [0, 0.1) is 0 Å². The molecule has 0 fully saturated rings. The quantitative estimate of drug-likeness (QED) is 0.896. The molecule has 2 aromatic rings. The van der Waals surface area contributed by atoms with Crippen molar-refractivity contribution < 1.29 is 9.84 Å². The van der Waals surface area contributed by atoms with Crippen LogP contribution in [0.1, 0.15) is 18.3 Å². The molecule has 0 bridgehead atoms. The summed E-state index contributed by atoms with van der Waals surface area (Å²) in [5.41, 5.74) is 1.80. The van der Waals surface area contributed by atoms with Crippen molar-refractivity contribution in [3.05, 3.63) is 29.6 Å². The van der Waals surface area contributed by atoms with Gasteiger partial charge in [-0.15, -0.1) is 0 Å². The first-order chi connectivity index (χ1) is 8.65. The van der Waals surface area contributed by atoms with Gasteiger partial charge in [0.15, 0.2) is 11.6 Å². The second kappa shape index (κ2) is 5.18. The molecule has 0 atom stereocenters. The molecule has 0 aliphatic rings. The van der Waals surface area contributed by atoms with E-state index in [-0.39, 0.29) is 0 Å². The fourth-order valence-corrected chi connectivity index (χ4v) is 1.80. The normalized spacial score (nSPS) is 10.8. The molecule has 18 heavy (non-hydrogen) atoms. The third-order valence-corrected chi connectivity index (χ3v) is 2.85. The van der Waals surface area contributed by atoms with Gasteiger partial charge in [0.25, 0.3) is 0 Å². The van der Waals surface area contributed by atoms with Crippen molar-refractivity contribution >= 4 is 0 Å². The average molecular weight is 247 g/mol. The van der Waals surface area contributed by atoms with Gasteiger partial charge in [0.1, 0.15) is 12.4 Å². The summed E-state index contributed by atoms with van der Waals surface area (Å²) in [5, 5.41) is 14.0. The SMILES string of the molecule is CCc1cc(-c2nc(COC)n(C)n2)ccc1O. The second-order valence-electron chi connectivity index (χ2n) is 4.11. The van der Waals surface area contributed by atoms with Crippen molar-refractivity contribution in [3.8, 4) is 17.1 Å². The molecule has 0 unspecified atom stereocenters. The minimum absolute atomic E-state index is 0.314. The number of nitrogens with zero attached hydrogens (tertiary/aromatic N) is 3. The Morgan fingerprint density at radius 2 is 2.17 bits per heavy atom. The van der Waals surface area contributed by atoms with Gasteiger partial charge in [-0.25, -0.2) is 4.98 Å². The molecule has 0 saturated heterocycles. The molecular weight excluding hydrogens is 230 g/mol. The molecule has 1 aromatic carbocycles. The maximum atomic E-state index is 9.66. The smallest absolute Gasteiger partial charge is 0.181 e. The largest absolute Gasteiger partial charge is 0.508 e. The summed E-state index contributed by atoms with van der Waals surface area (Å²) in [6.07, 6.45) is 0.775. The molecule has 0 aliphatic carbocycles. The maximum absolute atomic E-state index is 9.66. The van der Waals surface area contributed by atoms with E-state index in [4.69, 9.17) is 4.74 Å². The second-order valence-corrected chi connectivity index (χ2v) is 4.11. The van der Waals surface area contributed by atoms with E-state index in [0.29, 0.717) is 18.2 Å². The first-order valence-electron chi connectivity index (χ1n) is 5.86. The summed E-state index contributed by atoms with van der Waals surface area (Å²) in [5.74, 6) is 1.74. The lowest BCUT2D eigenvalue weighted by Gasteiger charge is -2.02. The number of ether oxygens (including phenoxy) is 1. The Hall–Kier alpha value is -1.88. The number of aromatic nitrogens is 3. The fraction of sp³-hybridized carbons (Fsp3) is 0.385. The number of benzene rings is 1. The predicted octanol–water partition coefficient (Wildman–Crippen LogP) is 1.90. The van der Waals surface area contributed by atoms with Gasteiger partial charge in [-0.2, -0.15) is 5.10 Å². The van der Waals surface area contributed by atoms with Crippen molar-refractivity contribution in [3.63, 3.8) is 0 Å². The maximum Gasteiger partial charge on any atom is 0.181 e. The minimum atomic E-state index is 0.314. The number of aryl methyl sites for hydroxylation is 2. The van der Waals surface area contributed by atoms with Crippen LogP contribution in [0.5, 0.6) is 5.75 Å². The van der Waals surface area contributed by atoms with Crippen molar-refractivity contribution in [1.82, 2.24) is 14.8 Å². The van der Waals surface area contributed by atoms with E-state index in [1.807, 2.05) is 26.1 Å². The summed E-state index contributed by atoms with van der Waals surface area (Å²) < 4.78 is 6.76. The van der Waals surface area contributed by atoms with Crippen LogP contribution in [0.4, 0.5) is 0 Å². The van der Waals surface area contributed by atoms with Crippen LogP contribution in [0.2, 0.25) is 0 Å². The lowest BCUT2D eigenvalue weighted by molar-refractivity contribution is 0.174. The van der Waals surface area contributed by atoms with Crippen LogP contribution in [-0.2, 0) is 24.8 Å². The molecule has 0 saturated carbocycles. The number of rotatable bonds is 4. The Morgan fingerprint density at radius 1 is 1.39 bits per heavy atom. The minimum Gasteiger partial charge on any atom is -0.508 e. The highest BCUT2D eigenvalue weighted by atomic mass is 16.5. The van der Waals surface area contributed by atoms with E-state index in [1.165, 1.54) is 0 Å². The average Bonchev–Trinajstić information content (AvgIpc) is 2.72. The lowest BCUT2D eigenvalue weighted by Crippen LogP contribution is -2.00. The molecule has 2 rings (SSSR count). The number of methoxy groups -OCH3 is 1. The molecule has 0 aliphatic heterocycles. The van der Waals surface area contributed by atoms with Gasteiger partial charge in [-0.05, 0) is 30.2 Å². The van der Waals surface area contributed by atoms with Gasteiger partial charge in [0.2, 0.25) is 0 Å². The molecule has 0 spiro atoms. The van der Waals surface area contributed by atoms with Crippen LogP contribution in [-0.4, -0.2) is 27.0 Å². The molecule has 1 heterocycles. The standard InChI is InChI=1S/C13H17N3O2/c1-4-9-7-10(5-6-11(9)17)13-14-12(8-18-3)16(2)15-13/h5-7,17H,4,8H2,1-3H3. The van der Waals surface area contributed by atoms with E-state index in [0.717, 1.165) is 23.4 Å². The van der Waals surface area contributed by atoms with Gasteiger partial charge in [0, 0.05) is 19.7 Å². The predicted molar refractivity (Wildman–Crippen MR) is 68.2 cm³/mol. The monoisotopic (exact) mass is 247 g/mol. The molecule has 0 radical (unpaired) electrons. The van der Waals surface area contributed by atoms with Gasteiger partial charge in [-0.3, -0.25) is 4.68 Å². The zero-order valence-corrected chi connectivity index (χ0v) is 10.8. The first kappa shape index (κ1) is 12.6. The van der Waals surface area contributed by atoms with Gasteiger partial charge in [0.05, 0.1) is 0 Å². The van der Waals surface area contributed by atoms with Crippen LogP contribution in [0.3, 0.4) is 0 Å². The Bertz CT molecular complexity index is 549. The zero-order chi connectivity index (χ0) is 13.1. The summed E-state index contributed by atoms with van der Waals surface area (Å²) in [6.45, 7) is 2.43. The topological polar surface area (TPSA) is 60.2 Å². The fourth-order valence-electron chi connectivity index (χ4n) is 1.80. The van der Waals surface area contributed by atoms with Crippen LogP contribution < -0.4 is 0 Å². The number of phenolic OH excluding ortho intramolecular Hbond substituents is 1. The third-order valence-electron chi connectivity index (χ3n) is 2.85. The highest BCUT2D eigenvalue weighted by molar-refractivity contribution is 5.58. The summed E-state index contributed by atoms with van der Waals surface area (Å²) in [6, 6.07) is 5.42. The Labute approximate surface area is 106 Å². The van der Waals surface area contributed by atoms with Crippen LogP contribution in [0.25, 0.3) is 11.4 Å². The van der Waals surface area contributed by atoms with E-state index in [2.05, 4.69) is 10.1 Å². The highest BCUT2D eigenvalue weighted by Crippen LogP contribution is 2.24. The van der Waals surface area contributed by atoms with Crippen LogP contribution >= 0.6 is 0 Å². The van der Waals surface area contributed by atoms with Crippen molar-refractivity contribution in [1.29, 1.82) is 0 Å². The molecule has 1 aromatic heterocycles. The highest BCUT2D eigenvalue weighted by Gasteiger charge is 2.10. The van der Waals surface area contributed by atoms with Crippen molar-refractivity contribution in [2.75, 3.05) is 7.11 Å². The lowest BCUT2D eigenvalue weighted by atomic mass is 10.1. The molecule has 5 heteroatoms. The van der Waals surface area contributed by atoms with Crippen LogP contribution in [0.15, 0.2) is 18.2 Å². The molecule has 0 amide bonds.